The molecule has 0 aromatic heterocycles. The van der Waals surface area contributed by atoms with Crippen molar-refractivity contribution in [3.05, 3.63) is 36.0 Å². The molecule has 154 valence electrons. The highest BCUT2D eigenvalue weighted by Crippen LogP contribution is 2.34. The second kappa shape index (κ2) is 16.1. The van der Waals surface area contributed by atoms with Crippen LogP contribution < -0.4 is 0 Å². The molecule has 1 rings (SSSR count). The smallest absolute Gasteiger partial charge is 0.0654 e. The van der Waals surface area contributed by atoms with E-state index in [0.29, 0.717) is 0 Å². The van der Waals surface area contributed by atoms with Gasteiger partial charge in [-0.3, -0.25) is 0 Å². The Morgan fingerprint density at radius 3 is 1.48 bits per heavy atom. The predicted octanol–water partition coefficient (Wildman–Crippen LogP) is 9.52. The van der Waals surface area contributed by atoms with E-state index in [9.17, 15) is 0 Å². The zero-order valence-electron chi connectivity index (χ0n) is 18.8. The molecule has 0 N–H and O–H groups in total. The second-order valence-electron chi connectivity index (χ2n) is 9.21. The van der Waals surface area contributed by atoms with Gasteiger partial charge < -0.3 is 0 Å². The highest BCUT2D eigenvalue weighted by molar-refractivity contribution is 5.32. The molecule has 0 radical (unpaired) electrons. The van der Waals surface area contributed by atoms with E-state index >= 15 is 0 Å². The van der Waals surface area contributed by atoms with E-state index in [4.69, 9.17) is 0 Å². The summed E-state index contributed by atoms with van der Waals surface area (Å²) in [4.78, 5) is 0. The Balaban J connectivity index is 1.82. The van der Waals surface area contributed by atoms with E-state index in [1.165, 1.54) is 115 Å². The summed E-state index contributed by atoms with van der Waals surface area (Å²) < 4.78 is 0. The van der Waals surface area contributed by atoms with Crippen molar-refractivity contribution in [3.8, 4) is 0 Å². The van der Waals surface area contributed by atoms with E-state index in [2.05, 4.69) is 45.1 Å². The minimum atomic E-state index is 0.275. The minimum Gasteiger partial charge on any atom is -0.0654 e. The van der Waals surface area contributed by atoms with Gasteiger partial charge in [0.1, 0.15) is 11.6 Å². The number of hydrogen-bond donors (Lipinski definition) is 0. The van der Waals surface area contributed by atoms with Crippen molar-refractivity contribution in [1.82, 2.24) is 0 Å². The van der Waals surface area contributed by atoms with Crippen LogP contribution in [0.1, 0.15) is 130 Å². The molecule has 0 saturated heterocycles. The maximum atomic E-state index is 3.41. The molecule has 0 amide bonds. The van der Waals surface area contributed by atoms with E-state index in [1.54, 1.807) is 0 Å². The van der Waals surface area contributed by atoms with Crippen LogP contribution in [0.5, 0.6) is 0 Å². The van der Waals surface area contributed by atoms with Crippen LogP contribution in [0.25, 0.3) is 0 Å². The first-order valence-corrected chi connectivity index (χ1v) is 12.1. The van der Waals surface area contributed by atoms with Gasteiger partial charge >= 0.3 is 0 Å². The van der Waals surface area contributed by atoms with Crippen molar-refractivity contribution >= 4 is 0 Å². The van der Waals surface area contributed by atoms with Crippen molar-refractivity contribution in [1.29, 1.82) is 0 Å². The monoisotopic (exact) mass is 371 g/mol. The minimum absolute atomic E-state index is 0.275. The molecule has 0 nitrogen and oxygen atoms in total. The molecule has 0 unspecified atom stereocenters. The average molecular weight is 372 g/mol. The normalized spacial score (nSPS) is 13.7. The first-order chi connectivity index (χ1) is 13.2. The molecule has 1 aliphatic rings. The largest absolute Gasteiger partial charge is 0.121 e. The maximum absolute atomic E-state index is 3.41. The van der Waals surface area contributed by atoms with Gasteiger partial charge in [-0.15, -0.1) is 0 Å². The van der Waals surface area contributed by atoms with Gasteiger partial charge in [-0.05, 0) is 6.42 Å². The van der Waals surface area contributed by atoms with Crippen LogP contribution in [0.4, 0.5) is 0 Å². The van der Waals surface area contributed by atoms with Gasteiger partial charge in [0.05, 0.1) is 6.08 Å². The molecule has 0 heteroatoms. The lowest BCUT2D eigenvalue weighted by Gasteiger charge is -2.22. The standard InChI is InChI=1S/C27H47/c1-4-5-6-7-8-9-10-11-12-13-14-15-16-17-18-22-25-27(2,3)26-23-20-19-21-24-26/h19-21,23H,4-18,22,25H2,1-3H3/q+1. The van der Waals surface area contributed by atoms with Gasteiger partial charge in [-0.2, -0.15) is 0 Å². The molecule has 0 aliphatic heterocycles. The number of hydrogen-bond acceptors (Lipinski definition) is 0. The fraction of sp³-hybridized carbons (Fsp3) is 0.778. The Morgan fingerprint density at radius 1 is 0.630 bits per heavy atom. The Hall–Kier alpha value is -0.870. The quantitative estimate of drug-likeness (QED) is 0.166. The second-order valence-corrected chi connectivity index (χ2v) is 9.21. The molecule has 0 bridgehead atoms. The fourth-order valence-electron chi connectivity index (χ4n) is 4.06. The Morgan fingerprint density at radius 2 is 1.07 bits per heavy atom. The molecule has 0 aromatic rings. The van der Waals surface area contributed by atoms with Crippen LogP contribution in [0, 0.1) is 11.5 Å². The van der Waals surface area contributed by atoms with Crippen molar-refractivity contribution in [2.24, 2.45) is 5.41 Å². The van der Waals surface area contributed by atoms with Crippen molar-refractivity contribution in [2.75, 3.05) is 0 Å². The van der Waals surface area contributed by atoms with Crippen molar-refractivity contribution in [2.45, 2.75) is 130 Å². The van der Waals surface area contributed by atoms with Crippen molar-refractivity contribution < 1.29 is 0 Å². The first-order valence-electron chi connectivity index (χ1n) is 12.1. The molecular weight excluding hydrogens is 324 g/mol. The third-order valence-electron chi connectivity index (χ3n) is 6.09. The maximum Gasteiger partial charge on any atom is 0.121 e. The summed E-state index contributed by atoms with van der Waals surface area (Å²) >= 11 is 0. The summed E-state index contributed by atoms with van der Waals surface area (Å²) in [5.74, 6) is 0. The fourth-order valence-corrected chi connectivity index (χ4v) is 4.06. The Kier molecular flexibility index (Phi) is 14.4. The molecule has 27 heavy (non-hydrogen) atoms. The van der Waals surface area contributed by atoms with E-state index in [1.807, 2.05) is 6.08 Å². The number of unbranched alkanes of at least 4 members (excludes halogenated alkanes) is 15. The molecule has 1 aliphatic carbocycles. The van der Waals surface area contributed by atoms with Crippen LogP contribution in [0.2, 0.25) is 0 Å². The number of allylic oxidation sites excluding steroid dienone is 6. The van der Waals surface area contributed by atoms with Crippen LogP contribution in [0.15, 0.2) is 29.9 Å². The van der Waals surface area contributed by atoms with Crippen molar-refractivity contribution in [3.63, 3.8) is 0 Å². The molecule has 0 fully saturated rings. The summed E-state index contributed by atoms with van der Waals surface area (Å²) in [6, 6.07) is 0. The molecular formula is C27H47+. The summed E-state index contributed by atoms with van der Waals surface area (Å²) in [6.07, 6.45) is 36.2. The topological polar surface area (TPSA) is 0 Å². The lowest BCUT2D eigenvalue weighted by atomic mass is 9.78. The predicted molar refractivity (Wildman–Crippen MR) is 123 cm³/mol. The van der Waals surface area contributed by atoms with Crippen LogP contribution >= 0.6 is 0 Å². The van der Waals surface area contributed by atoms with Gasteiger partial charge in [0.25, 0.3) is 0 Å². The lowest BCUT2D eigenvalue weighted by Crippen LogP contribution is -2.14. The zero-order chi connectivity index (χ0) is 19.6. The summed E-state index contributed by atoms with van der Waals surface area (Å²) in [6.45, 7) is 7.03. The molecule has 0 aromatic carbocycles. The van der Waals surface area contributed by atoms with Gasteiger partial charge in [0.15, 0.2) is 0 Å². The van der Waals surface area contributed by atoms with Gasteiger partial charge in [-0.25, -0.2) is 0 Å². The third-order valence-corrected chi connectivity index (χ3v) is 6.09. The number of rotatable bonds is 18. The highest BCUT2D eigenvalue weighted by atomic mass is 14.3. The van der Waals surface area contributed by atoms with Gasteiger partial charge in [-0.1, -0.05) is 124 Å². The lowest BCUT2D eigenvalue weighted by molar-refractivity contribution is 0.388. The van der Waals surface area contributed by atoms with Crippen LogP contribution in [0.3, 0.4) is 0 Å². The molecule has 0 heterocycles. The summed E-state index contributed by atoms with van der Waals surface area (Å²) in [7, 11) is 0. The summed E-state index contributed by atoms with van der Waals surface area (Å²) in [5, 5.41) is 0. The zero-order valence-corrected chi connectivity index (χ0v) is 18.8. The SMILES string of the molecule is CCCCCCCCCCCCCCCCCCC(C)(C)C1=CC=CC=[C+]1. The average Bonchev–Trinajstić information content (AvgIpc) is 2.68. The Labute approximate surface area is 171 Å². The molecule has 0 spiro atoms. The molecule has 0 atom stereocenters. The van der Waals surface area contributed by atoms with Gasteiger partial charge in [0.2, 0.25) is 0 Å². The van der Waals surface area contributed by atoms with E-state index in [-0.39, 0.29) is 5.41 Å². The Bertz CT molecular complexity index is 421. The first kappa shape index (κ1) is 24.2. The highest BCUT2D eigenvalue weighted by Gasteiger charge is 2.26. The van der Waals surface area contributed by atoms with Crippen LogP contribution in [-0.2, 0) is 0 Å². The van der Waals surface area contributed by atoms with Gasteiger partial charge in [0, 0.05) is 23.6 Å². The third kappa shape index (κ3) is 13.0. The van der Waals surface area contributed by atoms with E-state index in [0.717, 1.165) is 0 Å². The van der Waals surface area contributed by atoms with E-state index < -0.39 is 0 Å². The van der Waals surface area contributed by atoms with Crippen LogP contribution in [-0.4, -0.2) is 0 Å². The summed E-state index contributed by atoms with van der Waals surface area (Å²) in [5.41, 5.74) is 1.64. The molecule has 0 saturated carbocycles.